The van der Waals surface area contributed by atoms with Gasteiger partial charge in [-0.15, -0.1) is 0 Å². The minimum absolute atomic E-state index is 0.00521. The normalized spacial score (nSPS) is 27.8. The molecule has 3 aromatic carbocycles. The predicted molar refractivity (Wildman–Crippen MR) is 180 cm³/mol. The van der Waals surface area contributed by atoms with Crippen molar-refractivity contribution in [1.29, 1.82) is 0 Å². The van der Waals surface area contributed by atoms with E-state index in [2.05, 4.69) is 47.5 Å². The smallest absolute Gasteiger partial charge is 0.312 e. The molecule has 7 rings (SSSR count). The van der Waals surface area contributed by atoms with Crippen LogP contribution in [0.4, 0.5) is 0 Å². The molecule has 1 amide bonds. The first-order valence-corrected chi connectivity index (χ1v) is 17.3. The molecule has 7 nitrogen and oxygen atoms in total. The molecule has 3 aliphatic rings. The van der Waals surface area contributed by atoms with Crippen LogP contribution in [0.15, 0.2) is 78.9 Å². The summed E-state index contributed by atoms with van der Waals surface area (Å²) >= 11 is 1.47. The predicted octanol–water partition coefficient (Wildman–Crippen LogP) is 7.32. The monoisotopic (exact) mass is 636 g/mol. The van der Waals surface area contributed by atoms with E-state index in [0.717, 1.165) is 53.3 Å². The largest absolute Gasteiger partial charge is 0.469 e. The van der Waals surface area contributed by atoms with Gasteiger partial charge in [-0.1, -0.05) is 90.9 Å². The second-order valence-electron chi connectivity index (χ2n) is 13.2. The molecule has 1 aliphatic carbocycles. The van der Waals surface area contributed by atoms with Crippen molar-refractivity contribution >= 4 is 50.0 Å². The molecular formula is C38H40N2O5S. The molecule has 0 spiro atoms. The molecular weight excluding hydrogens is 596 g/mol. The Kier molecular flexibility index (Phi) is 8.64. The Labute approximate surface area is 273 Å². The van der Waals surface area contributed by atoms with Crippen LogP contribution in [0.1, 0.15) is 56.9 Å². The Morgan fingerprint density at radius 1 is 1.02 bits per heavy atom. The average Bonchev–Trinajstić information content (AvgIpc) is 3.38. The number of allylic oxidation sites excluding steroid dienone is 2. The number of ketones is 1. The lowest BCUT2D eigenvalue weighted by Crippen LogP contribution is -2.45. The zero-order valence-corrected chi connectivity index (χ0v) is 27.0. The van der Waals surface area contributed by atoms with Crippen LogP contribution in [0.3, 0.4) is 0 Å². The molecule has 8 heteroatoms. The van der Waals surface area contributed by atoms with Gasteiger partial charge in [0.15, 0.2) is 5.78 Å². The minimum Gasteiger partial charge on any atom is -0.469 e. The van der Waals surface area contributed by atoms with Crippen LogP contribution in [0.25, 0.3) is 21.0 Å². The molecule has 0 radical (unpaired) electrons. The standard InChI is InChI=1S/C38H40N2O5S/c1-44-36(43)38-22-29(38)14-6-4-2-3-5-13-28(20-25-17-18-26-11-7-8-12-27(26)19-25)35(42)40-24-30(21-32(40)33(41)23-38)45-37-39-31-15-9-10-16-34(31)46-37/h6-12,14-19,28-30,32H,2-5,13,20-24H2,1H3/b14-6-/t28-,29+,30-,32+,38-/m1/s1. The Hall–Kier alpha value is -4.04. The van der Waals surface area contributed by atoms with E-state index in [-0.39, 0.29) is 42.0 Å². The van der Waals surface area contributed by atoms with Gasteiger partial charge in [0.1, 0.15) is 6.10 Å². The quantitative estimate of drug-likeness (QED) is 0.169. The SMILES string of the molecule is COC(=O)[C@]12CC(=O)[C@@H]3C[C@@H](Oc4nc5ccccc5s4)CN3C(=O)[C@@H](Cc3ccc4ccccc4c3)CCCCC/C=C\[C@H]1C2. The maximum Gasteiger partial charge on any atom is 0.312 e. The number of amides is 1. The number of fused-ring (bicyclic) bond motifs is 4. The maximum atomic E-state index is 14.6. The lowest BCUT2D eigenvalue weighted by atomic mass is 9.90. The Bertz CT molecular complexity index is 1770. The van der Waals surface area contributed by atoms with Gasteiger partial charge in [0.2, 0.25) is 5.91 Å². The summed E-state index contributed by atoms with van der Waals surface area (Å²) in [6.45, 7) is 0.313. The van der Waals surface area contributed by atoms with E-state index in [1.54, 1.807) is 4.90 Å². The Morgan fingerprint density at radius 2 is 1.85 bits per heavy atom. The third-order valence-electron chi connectivity index (χ3n) is 10.1. The number of carbonyl (C=O) groups is 3. The second-order valence-corrected chi connectivity index (χ2v) is 14.2. The van der Waals surface area contributed by atoms with Crippen molar-refractivity contribution in [2.45, 2.75) is 69.9 Å². The summed E-state index contributed by atoms with van der Waals surface area (Å²) < 4.78 is 12.6. The van der Waals surface area contributed by atoms with Crippen molar-refractivity contribution in [3.63, 3.8) is 0 Å². The van der Waals surface area contributed by atoms with Gasteiger partial charge >= 0.3 is 5.97 Å². The van der Waals surface area contributed by atoms with Crippen molar-refractivity contribution in [3.8, 4) is 5.19 Å². The van der Waals surface area contributed by atoms with Crippen molar-refractivity contribution in [2.75, 3.05) is 13.7 Å². The number of ether oxygens (including phenoxy) is 2. The van der Waals surface area contributed by atoms with Crippen LogP contribution in [-0.2, 0) is 25.5 Å². The fraction of sp³-hybridized carbons (Fsp3) is 0.421. The molecule has 1 saturated carbocycles. The van der Waals surface area contributed by atoms with Gasteiger partial charge < -0.3 is 14.4 Å². The number of hydrogen-bond donors (Lipinski definition) is 0. The fourth-order valence-electron chi connectivity index (χ4n) is 7.49. The molecule has 4 aromatic rings. The molecule has 0 bridgehead atoms. The number of nitrogens with zero attached hydrogens (tertiary/aromatic N) is 2. The summed E-state index contributed by atoms with van der Waals surface area (Å²) in [5, 5.41) is 2.87. The number of rotatable bonds is 5. The first kappa shape index (κ1) is 30.6. The highest BCUT2D eigenvalue weighted by Gasteiger charge is 2.61. The zero-order valence-electron chi connectivity index (χ0n) is 26.2. The van der Waals surface area contributed by atoms with E-state index >= 15 is 0 Å². The van der Waals surface area contributed by atoms with E-state index < -0.39 is 11.5 Å². The van der Waals surface area contributed by atoms with Gasteiger partial charge in [-0.25, -0.2) is 4.98 Å². The molecule has 0 N–H and O–H groups in total. The Morgan fingerprint density at radius 3 is 2.70 bits per heavy atom. The number of thiazole rings is 1. The summed E-state index contributed by atoms with van der Waals surface area (Å²) in [5.74, 6) is -0.720. The van der Waals surface area contributed by atoms with Crippen LogP contribution in [0, 0.1) is 17.3 Å². The number of methoxy groups -OCH3 is 1. The van der Waals surface area contributed by atoms with Gasteiger partial charge in [-0.3, -0.25) is 14.4 Å². The van der Waals surface area contributed by atoms with E-state index in [4.69, 9.17) is 9.47 Å². The lowest BCUT2D eigenvalue weighted by Gasteiger charge is -2.29. The van der Waals surface area contributed by atoms with E-state index in [0.29, 0.717) is 31.0 Å². The first-order chi connectivity index (χ1) is 22.4. The third kappa shape index (κ3) is 6.19. The number of carbonyl (C=O) groups excluding carboxylic acids is 3. The van der Waals surface area contributed by atoms with Crippen LogP contribution >= 0.6 is 11.3 Å². The molecule has 3 heterocycles. The average molecular weight is 637 g/mol. The molecule has 238 valence electrons. The van der Waals surface area contributed by atoms with Crippen LogP contribution < -0.4 is 4.74 Å². The summed E-state index contributed by atoms with van der Waals surface area (Å²) in [7, 11) is 1.39. The van der Waals surface area contributed by atoms with E-state index in [1.807, 2.05) is 36.4 Å². The van der Waals surface area contributed by atoms with E-state index in [9.17, 15) is 14.4 Å². The number of benzene rings is 3. The molecule has 1 aromatic heterocycles. The van der Waals surface area contributed by atoms with Crippen molar-refractivity contribution in [1.82, 2.24) is 9.88 Å². The van der Waals surface area contributed by atoms with Crippen LogP contribution in [0.2, 0.25) is 0 Å². The zero-order chi connectivity index (χ0) is 31.7. The first-order valence-electron chi connectivity index (χ1n) is 16.5. The van der Waals surface area contributed by atoms with Gasteiger partial charge in [0.25, 0.3) is 5.19 Å². The topological polar surface area (TPSA) is 85.8 Å². The lowest BCUT2D eigenvalue weighted by molar-refractivity contribution is -0.150. The fourth-order valence-corrected chi connectivity index (χ4v) is 8.37. The molecule has 0 unspecified atom stereocenters. The highest BCUT2D eigenvalue weighted by molar-refractivity contribution is 7.20. The van der Waals surface area contributed by atoms with Gasteiger partial charge in [-0.2, -0.15) is 0 Å². The third-order valence-corrected chi connectivity index (χ3v) is 11.0. The molecule has 1 saturated heterocycles. The number of aromatic nitrogens is 1. The molecule has 2 aliphatic heterocycles. The molecule has 5 atom stereocenters. The molecule has 2 fully saturated rings. The van der Waals surface area contributed by atoms with Crippen molar-refractivity contribution in [2.24, 2.45) is 17.3 Å². The minimum atomic E-state index is -0.853. The van der Waals surface area contributed by atoms with Gasteiger partial charge in [-0.05, 0) is 66.5 Å². The van der Waals surface area contributed by atoms with Gasteiger partial charge in [0.05, 0.1) is 35.3 Å². The number of para-hydroxylation sites is 1. The number of esters is 1. The van der Waals surface area contributed by atoms with Crippen LogP contribution in [-0.4, -0.2) is 53.3 Å². The highest BCUT2D eigenvalue weighted by atomic mass is 32.1. The van der Waals surface area contributed by atoms with E-state index in [1.165, 1.54) is 23.8 Å². The highest BCUT2D eigenvalue weighted by Crippen LogP contribution is 2.57. The van der Waals surface area contributed by atoms with Gasteiger partial charge in [0, 0.05) is 18.8 Å². The summed E-state index contributed by atoms with van der Waals surface area (Å²) in [6, 6.07) is 21.9. The maximum absolute atomic E-state index is 14.6. The second kappa shape index (κ2) is 13.0. The summed E-state index contributed by atoms with van der Waals surface area (Å²) in [6.07, 6.45) is 10.2. The number of hydrogen-bond acceptors (Lipinski definition) is 7. The summed E-state index contributed by atoms with van der Waals surface area (Å²) in [5.41, 5.74) is 1.13. The number of Topliss-reactive ketones (excluding diaryl/α,β-unsaturated/α-hetero) is 1. The Balaban J connectivity index is 1.19. The molecule has 46 heavy (non-hydrogen) atoms. The van der Waals surface area contributed by atoms with Crippen molar-refractivity contribution in [3.05, 3.63) is 84.4 Å². The van der Waals surface area contributed by atoms with Crippen LogP contribution in [0.5, 0.6) is 5.19 Å². The van der Waals surface area contributed by atoms with Crippen molar-refractivity contribution < 1.29 is 23.9 Å². The summed E-state index contributed by atoms with van der Waals surface area (Å²) in [4.78, 5) is 48.2.